The van der Waals surface area contributed by atoms with Gasteiger partial charge in [-0.15, -0.1) is 0 Å². The molecular weight excluding hydrogens is 270 g/mol. The van der Waals surface area contributed by atoms with Gasteiger partial charge >= 0.3 is 0 Å². The topological polar surface area (TPSA) is 106 Å². The van der Waals surface area contributed by atoms with E-state index in [4.69, 9.17) is 5.73 Å². The predicted octanol–water partition coefficient (Wildman–Crippen LogP) is 1.68. The minimum absolute atomic E-state index is 0.241. The maximum Gasteiger partial charge on any atom is 0.273 e. The second-order valence-corrected chi connectivity index (χ2v) is 5.22. The van der Waals surface area contributed by atoms with E-state index in [2.05, 4.69) is 15.4 Å². The van der Waals surface area contributed by atoms with Gasteiger partial charge in [0.05, 0.1) is 11.7 Å². The summed E-state index contributed by atoms with van der Waals surface area (Å²) in [4.78, 5) is 26.1. The summed E-state index contributed by atoms with van der Waals surface area (Å²) < 4.78 is 1.80. The van der Waals surface area contributed by atoms with Gasteiger partial charge in [-0.1, -0.05) is 12.8 Å². The molecule has 1 fully saturated rings. The van der Waals surface area contributed by atoms with Gasteiger partial charge in [-0.2, -0.15) is 5.10 Å². The summed E-state index contributed by atoms with van der Waals surface area (Å²) in [6, 6.07) is 3.51. The van der Waals surface area contributed by atoms with Gasteiger partial charge in [0.15, 0.2) is 0 Å². The van der Waals surface area contributed by atoms with Gasteiger partial charge in [-0.25, -0.2) is 0 Å². The van der Waals surface area contributed by atoms with Crippen molar-refractivity contribution in [2.24, 2.45) is 5.73 Å². The number of anilines is 1. The highest BCUT2D eigenvalue weighted by Gasteiger charge is 2.22. The number of nitrogens with two attached hydrogens (primary N) is 1. The summed E-state index contributed by atoms with van der Waals surface area (Å²) >= 11 is 0. The van der Waals surface area contributed by atoms with Crippen molar-refractivity contribution in [1.29, 1.82) is 0 Å². The van der Waals surface area contributed by atoms with E-state index >= 15 is 0 Å². The molecule has 0 radical (unpaired) electrons. The van der Waals surface area contributed by atoms with Crippen molar-refractivity contribution in [2.45, 2.75) is 31.7 Å². The summed E-state index contributed by atoms with van der Waals surface area (Å²) in [5, 5.41) is 7.01. The van der Waals surface area contributed by atoms with Gasteiger partial charge in [0, 0.05) is 12.4 Å². The highest BCUT2D eigenvalue weighted by atomic mass is 16.2. The molecule has 7 nitrogen and oxygen atoms in total. The molecule has 1 aliphatic rings. The van der Waals surface area contributed by atoms with Crippen molar-refractivity contribution in [1.82, 2.24) is 14.8 Å². The van der Waals surface area contributed by atoms with Crippen LogP contribution in [0.4, 0.5) is 5.69 Å². The molecule has 0 unspecified atom stereocenters. The summed E-state index contributed by atoms with van der Waals surface area (Å²) in [6.45, 7) is 0. The number of rotatable bonds is 4. The molecule has 2 aromatic heterocycles. The van der Waals surface area contributed by atoms with E-state index in [-0.39, 0.29) is 11.6 Å². The van der Waals surface area contributed by atoms with Crippen molar-refractivity contribution in [3.8, 4) is 0 Å². The first-order chi connectivity index (χ1) is 10.1. The maximum atomic E-state index is 12.3. The smallest absolute Gasteiger partial charge is 0.273 e. The first-order valence-corrected chi connectivity index (χ1v) is 6.98. The van der Waals surface area contributed by atoms with E-state index in [1.165, 1.54) is 25.1 Å². The summed E-state index contributed by atoms with van der Waals surface area (Å²) in [6.07, 6.45) is 7.63. The number of hydrogen-bond acceptors (Lipinski definition) is 3. The molecule has 3 rings (SSSR count). The van der Waals surface area contributed by atoms with Crippen LogP contribution in [0.1, 0.15) is 52.7 Å². The lowest BCUT2D eigenvalue weighted by atomic mass is 10.2. The third kappa shape index (κ3) is 2.67. The zero-order valence-electron chi connectivity index (χ0n) is 11.5. The molecule has 2 heterocycles. The molecule has 0 spiro atoms. The Hall–Kier alpha value is -2.57. The number of carbonyl (C=O) groups excluding carboxylic acids is 2. The van der Waals surface area contributed by atoms with Crippen LogP contribution >= 0.6 is 0 Å². The van der Waals surface area contributed by atoms with E-state index in [0.29, 0.717) is 17.4 Å². The van der Waals surface area contributed by atoms with Crippen LogP contribution < -0.4 is 11.1 Å². The second-order valence-electron chi connectivity index (χ2n) is 5.22. The fourth-order valence-electron chi connectivity index (χ4n) is 2.74. The van der Waals surface area contributed by atoms with Crippen LogP contribution in [0, 0.1) is 0 Å². The Labute approximate surface area is 121 Å². The van der Waals surface area contributed by atoms with Crippen molar-refractivity contribution in [3.63, 3.8) is 0 Å². The maximum absolute atomic E-state index is 12.3. The highest BCUT2D eigenvalue weighted by molar-refractivity contribution is 6.03. The number of nitrogens with one attached hydrogen (secondary N) is 2. The largest absolute Gasteiger partial charge is 0.364 e. The third-order valence-corrected chi connectivity index (χ3v) is 3.78. The molecule has 0 bridgehead atoms. The monoisotopic (exact) mass is 287 g/mol. The van der Waals surface area contributed by atoms with Crippen LogP contribution in [0.15, 0.2) is 24.5 Å². The van der Waals surface area contributed by atoms with Crippen LogP contribution in [-0.2, 0) is 0 Å². The molecule has 21 heavy (non-hydrogen) atoms. The van der Waals surface area contributed by atoms with E-state index in [1.54, 1.807) is 16.9 Å². The van der Waals surface area contributed by atoms with Gasteiger partial charge in [-0.3, -0.25) is 14.3 Å². The predicted molar refractivity (Wildman–Crippen MR) is 77.0 cm³/mol. The van der Waals surface area contributed by atoms with Crippen LogP contribution in [0.3, 0.4) is 0 Å². The third-order valence-electron chi connectivity index (χ3n) is 3.78. The summed E-state index contributed by atoms with van der Waals surface area (Å²) in [5.74, 6) is -0.805. The number of primary amides is 1. The van der Waals surface area contributed by atoms with Crippen molar-refractivity contribution in [2.75, 3.05) is 5.32 Å². The summed E-state index contributed by atoms with van der Waals surface area (Å²) in [5.41, 5.74) is 6.46. The van der Waals surface area contributed by atoms with Gasteiger partial charge in [-0.05, 0) is 25.0 Å². The lowest BCUT2D eigenvalue weighted by molar-refractivity contribution is 0.0991. The lowest BCUT2D eigenvalue weighted by Gasteiger charge is -2.13. The molecule has 0 saturated heterocycles. The van der Waals surface area contributed by atoms with Crippen molar-refractivity contribution in [3.05, 3.63) is 35.9 Å². The Bertz CT molecular complexity index is 666. The van der Waals surface area contributed by atoms with Gasteiger partial charge in [0.2, 0.25) is 0 Å². The number of H-pyrrole nitrogens is 1. The van der Waals surface area contributed by atoms with Crippen molar-refractivity contribution >= 4 is 17.5 Å². The van der Waals surface area contributed by atoms with Gasteiger partial charge < -0.3 is 16.0 Å². The Balaban J connectivity index is 1.76. The van der Waals surface area contributed by atoms with Gasteiger partial charge in [0.1, 0.15) is 11.4 Å². The minimum Gasteiger partial charge on any atom is -0.364 e. The zero-order chi connectivity index (χ0) is 14.8. The molecule has 2 aromatic rings. The Morgan fingerprint density at radius 3 is 2.81 bits per heavy atom. The first kappa shape index (κ1) is 13.4. The molecule has 7 heteroatoms. The van der Waals surface area contributed by atoms with Crippen LogP contribution in [0.2, 0.25) is 0 Å². The molecule has 4 N–H and O–H groups in total. The van der Waals surface area contributed by atoms with E-state index < -0.39 is 5.91 Å². The minimum atomic E-state index is -0.563. The van der Waals surface area contributed by atoms with E-state index in [0.717, 1.165) is 12.8 Å². The molecule has 1 aliphatic carbocycles. The molecule has 0 atom stereocenters. The SMILES string of the molecule is NC(=O)c1cc(NC(=O)c2ccnn2C2CCCC2)c[nH]1. The van der Waals surface area contributed by atoms with Crippen LogP contribution in [0.25, 0.3) is 0 Å². The lowest BCUT2D eigenvalue weighted by Crippen LogP contribution is -2.19. The number of hydrogen-bond donors (Lipinski definition) is 3. The standard InChI is InChI=1S/C14H17N5O2/c15-13(20)11-7-9(8-16-11)18-14(21)12-5-6-17-19(12)10-3-1-2-4-10/h5-8,10,16H,1-4H2,(H2,15,20)(H,18,21). The summed E-state index contributed by atoms with van der Waals surface area (Å²) in [7, 11) is 0. The Kier molecular flexibility index (Phi) is 3.47. The highest BCUT2D eigenvalue weighted by Crippen LogP contribution is 2.29. The Morgan fingerprint density at radius 1 is 1.38 bits per heavy atom. The quantitative estimate of drug-likeness (QED) is 0.796. The average molecular weight is 287 g/mol. The fraction of sp³-hybridized carbons (Fsp3) is 0.357. The number of amides is 2. The Morgan fingerprint density at radius 2 is 2.14 bits per heavy atom. The number of aromatic nitrogens is 3. The van der Waals surface area contributed by atoms with E-state index in [1.807, 2.05) is 0 Å². The molecule has 1 saturated carbocycles. The molecule has 0 aliphatic heterocycles. The van der Waals surface area contributed by atoms with Gasteiger partial charge in [0.25, 0.3) is 11.8 Å². The normalized spacial score (nSPS) is 15.2. The molecular formula is C14H17N5O2. The second kappa shape index (κ2) is 5.43. The number of carbonyl (C=O) groups is 2. The zero-order valence-corrected chi connectivity index (χ0v) is 11.5. The van der Waals surface area contributed by atoms with Crippen LogP contribution in [-0.4, -0.2) is 26.6 Å². The molecule has 2 amide bonds. The van der Waals surface area contributed by atoms with E-state index in [9.17, 15) is 9.59 Å². The first-order valence-electron chi connectivity index (χ1n) is 6.98. The van der Waals surface area contributed by atoms with Crippen LogP contribution in [0.5, 0.6) is 0 Å². The molecule has 0 aromatic carbocycles. The van der Waals surface area contributed by atoms with Crippen molar-refractivity contribution < 1.29 is 9.59 Å². The fourth-order valence-corrected chi connectivity index (χ4v) is 2.74. The number of nitrogens with zero attached hydrogens (tertiary/aromatic N) is 2. The molecule has 110 valence electrons. The average Bonchev–Trinajstić information content (AvgIpc) is 3.19. The number of aromatic amines is 1.